The molecule has 1 unspecified atom stereocenters. The van der Waals surface area contributed by atoms with Crippen LogP contribution in [0, 0.1) is 0 Å². The molecule has 5 heteroatoms. The van der Waals surface area contributed by atoms with Crippen molar-refractivity contribution < 1.29 is 14.2 Å². The Labute approximate surface area is 120 Å². The Morgan fingerprint density at radius 1 is 1.21 bits per heavy atom. The van der Waals surface area contributed by atoms with Gasteiger partial charge in [-0.3, -0.25) is 0 Å². The third-order valence-corrected chi connectivity index (χ3v) is 3.18. The maximum Gasteiger partial charge on any atom is 0.179 e. The highest BCUT2D eigenvalue weighted by atomic mass is 35.5. The molecule has 0 fully saturated rings. The summed E-state index contributed by atoms with van der Waals surface area (Å²) in [6.45, 7) is 3.60. The summed E-state index contributed by atoms with van der Waals surface area (Å²) in [7, 11) is 4.89. The first kappa shape index (κ1) is 16.1. The van der Waals surface area contributed by atoms with Crippen LogP contribution in [0.2, 0.25) is 5.02 Å². The fraction of sp³-hybridized carbons (Fsp3) is 0.571. The van der Waals surface area contributed by atoms with Gasteiger partial charge in [0.15, 0.2) is 11.5 Å². The van der Waals surface area contributed by atoms with Crippen molar-refractivity contribution in [1.29, 1.82) is 0 Å². The van der Waals surface area contributed by atoms with E-state index >= 15 is 0 Å². The van der Waals surface area contributed by atoms with Crippen molar-refractivity contribution in [3.05, 3.63) is 22.7 Å². The minimum Gasteiger partial charge on any atom is -0.493 e. The van der Waals surface area contributed by atoms with Gasteiger partial charge in [0.25, 0.3) is 0 Å². The van der Waals surface area contributed by atoms with Gasteiger partial charge in [0.05, 0.1) is 19.2 Å². The van der Waals surface area contributed by atoms with Crippen molar-refractivity contribution in [2.24, 2.45) is 0 Å². The van der Waals surface area contributed by atoms with Gasteiger partial charge in [-0.05, 0) is 31.0 Å². The molecule has 108 valence electrons. The number of rotatable bonds is 8. The van der Waals surface area contributed by atoms with Crippen LogP contribution in [-0.4, -0.2) is 34.0 Å². The van der Waals surface area contributed by atoms with Crippen LogP contribution in [0.5, 0.6) is 11.5 Å². The first-order valence-corrected chi connectivity index (χ1v) is 6.62. The number of methoxy groups -OCH3 is 3. The lowest BCUT2D eigenvalue weighted by molar-refractivity contribution is 0.184. The summed E-state index contributed by atoms with van der Waals surface area (Å²) in [6.07, 6.45) is 0.970. The van der Waals surface area contributed by atoms with Crippen LogP contribution in [0.1, 0.15) is 18.9 Å². The largest absolute Gasteiger partial charge is 0.493 e. The zero-order chi connectivity index (χ0) is 14.3. The molecule has 0 radical (unpaired) electrons. The quantitative estimate of drug-likeness (QED) is 0.798. The van der Waals surface area contributed by atoms with Gasteiger partial charge in [0, 0.05) is 26.3 Å². The van der Waals surface area contributed by atoms with E-state index in [1.807, 2.05) is 12.1 Å². The summed E-state index contributed by atoms with van der Waals surface area (Å²) in [6, 6.07) is 4.20. The summed E-state index contributed by atoms with van der Waals surface area (Å²) >= 11 is 6.16. The second kappa shape index (κ2) is 8.25. The van der Waals surface area contributed by atoms with Crippen LogP contribution in [0.25, 0.3) is 0 Å². The van der Waals surface area contributed by atoms with Crippen LogP contribution in [0.3, 0.4) is 0 Å². The van der Waals surface area contributed by atoms with Gasteiger partial charge in [-0.2, -0.15) is 0 Å². The third kappa shape index (κ3) is 4.90. The Morgan fingerprint density at radius 3 is 2.53 bits per heavy atom. The standard InChI is InChI=1S/C14H22ClNO3/c1-10(5-6-17-2)16-9-11-7-12(15)14(19-4)13(8-11)18-3/h7-8,10,16H,5-6,9H2,1-4H3. The highest BCUT2D eigenvalue weighted by molar-refractivity contribution is 6.32. The molecule has 0 bridgehead atoms. The highest BCUT2D eigenvalue weighted by Crippen LogP contribution is 2.35. The Hall–Kier alpha value is -0.970. The summed E-state index contributed by atoms with van der Waals surface area (Å²) in [4.78, 5) is 0. The zero-order valence-electron chi connectivity index (χ0n) is 12.0. The van der Waals surface area contributed by atoms with E-state index in [2.05, 4.69) is 12.2 Å². The maximum absolute atomic E-state index is 6.16. The van der Waals surface area contributed by atoms with E-state index in [1.165, 1.54) is 0 Å². The van der Waals surface area contributed by atoms with Crippen LogP contribution >= 0.6 is 11.6 Å². The molecular weight excluding hydrogens is 266 g/mol. The van der Waals surface area contributed by atoms with Crippen molar-refractivity contribution in [1.82, 2.24) is 5.32 Å². The van der Waals surface area contributed by atoms with E-state index in [9.17, 15) is 0 Å². The lowest BCUT2D eigenvalue weighted by atomic mass is 10.1. The topological polar surface area (TPSA) is 39.7 Å². The summed E-state index contributed by atoms with van der Waals surface area (Å²) in [5.74, 6) is 1.22. The van der Waals surface area contributed by atoms with E-state index in [1.54, 1.807) is 21.3 Å². The van der Waals surface area contributed by atoms with Crippen LogP contribution in [0.4, 0.5) is 0 Å². The molecule has 0 aliphatic heterocycles. The molecule has 4 nitrogen and oxygen atoms in total. The Bertz CT molecular complexity index is 399. The van der Waals surface area contributed by atoms with Crippen molar-refractivity contribution >= 4 is 11.6 Å². The highest BCUT2D eigenvalue weighted by Gasteiger charge is 2.11. The summed E-state index contributed by atoms with van der Waals surface area (Å²) in [5.41, 5.74) is 1.06. The number of nitrogens with one attached hydrogen (secondary N) is 1. The Balaban J connectivity index is 2.66. The van der Waals surface area contributed by atoms with Gasteiger partial charge >= 0.3 is 0 Å². The summed E-state index contributed by atoms with van der Waals surface area (Å²) in [5, 5.41) is 3.97. The number of ether oxygens (including phenoxy) is 3. The van der Waals surface area contributed by atoms with Crippen molar-refractivity contribution in [2.75, 3.05) is 27.9 Å². The SMILES string of the molecule is COCCC(C)NCc1cc(Cl)c(OC)c(OC)c1. The lowest BCUT2D eigenvalue weighted by Gasteiger charge is -2.15. The third-order valence-electron chi connectivity index (χ3n) is 2.90. The molecule has 0 amide bonds. The predicted molar refractivity (Wildman–Crippen MR) is 77.4 cm³/mol. The van der Waals surface area contributed by atoms with Gasteiger partial charge < -0.3 is 19.5 Å². The molecule has 19 heavy (non-hydrogen) atoms. The zero-order valence-corrected chi connectivity index (χ0v) is 12.7. The van der Waals surface area contributed by atoms with Crippen LogP contribution in [0.15, 0.2) is 12.1 Å². The molecule has 0 aliphatic rings. The first-order valence-electron chi connectivity index (χ1n) is 6.25. The van der Waals surface area contributed by atoms with E-state index in [0.717, 1.165) is 25.1 Å². The smallest absolute Gasteiger partial charge is 0.179 e. The number of hydrogen-bond donors (Lipinski definition) is 1. The first-order chi connectivity index (χ1) is 9.12. The predicted octanol–water partition coefficient (Wildman–Crippen LogP) is 2.87. The maximum atomic E-state index is 6.16. The molecule has 1 rings (SSSR count). The number of hydrogen-bond acceptors (Lipinski definition) is 4. The average Bonchev–Trinajstić information content (AvgIpc) is 2.42. The molecule has 0 heterocycles. The van der Waals surface area contributed by atoms with Gasteiger partial charge in [-0.25, -0.2) is 0 Å². The lowest BCUT2D eigenvalue weighted by Crippen LogP contribution is -2.26. The van der Waals surface area contributed by atoms with Crippen LogP contribution < -0.4 is 14.8 Å². The van der Waals surface area contributed by atoms with Crippen molar-refractivity contribution in [2.45, 2.75) is 25.9 Å². The van der Waals surface area contributed by atoms with Gasteiger partial charge in [-0.15, -0.1) is 0 Å². The molecule has 0 spiro atoms. The Kier molecular flexibility index (Phi) is 6.99. The average molecular weight is 288 g/mol. The second-order valence-corrected chi connectivity index (χ2v) is 4.78. The minimum absolute atomic E-state index is 0.381. The monoisotopic (exact) mass is 287 g/mol. The Morgan fingerprint density at radius 2 is 1.95 bits per heavy atom. The van der Waals surface area contributed by atoms with Crippen LogP contribution in [-0.2, 0) is 11.3 Å². The van der Waals surface area contributed by atoms with Gasteiger partial charge in [0.2, 0.25) is 0 Å². The molecule has 1 atom stereocenters. The molecule has 0 saturated carbocycles. The van der Waals surface area contributed by atoms with E-state index in [0.29, 0.717) is 22.6 Å². The molecule has 1 N–H and O–H groups in total. The normalized spacial score (nSPS) is 12.3. The van der Waals surface area contributed by atoms with E-state index < -0.39 is 0 Å². The van der Waals surface area contributed by atoms with Crippen molar-refractivity contribution in [3.8, 4) is 11.5 Å². The van der Waals surface area contributed by atoms with Gasteiger partial charge in [0.1, 0.15) is 0 Å². The van der Waals surface area contributed by atoms with Gasteiger partial charge in [-0.1, -0.05) is 11.6 Å². The molecule has 0 aliphatic carbocycles. The molecule has 1 aromatic rings. The van der Waals surface area contributed by atoms with Crippen molar-refractivity contribution in [3.63, 3.8) is 0 Å². The molecule has 0 aromatic heterocycles. The van der Waals surface area contributed by atoms with E-state index in [-0.39, 0.29) is 0 Å². The number of halogens is 1. The summed E-state index contributed by atoms with van der Waals surface area (Å²) < 4.78 is 15.5. The molecule has 1 aromatic carbocycles. The minimum atomic E-state index is 0.381. The fourth-order valence-electron chi connectivity index (χ4n) is 1.76. The van der Waals surface area contributed by atoms with E-state index in [4.69, 9.17) is 25.8 Å². The fourth-order valence-corrected chi connectivity index (χ4v) is 2.07. The molecule has 0 saturated heterocycles. The number of benzene rings is 1. The second-order valence-electron chi connectivity index (χ2n) is 4.38. The molecular formula is C14H22ClNO3.